The number of nitrogens with one attached hydrogen (secondary N) is 1. The first-order chi connectivity index (χ1) is 6.33. The van der Waals surface area contributed by atoms with Crippen LogP contribution in [-0.4, -0.2) is 23.0 Å². The van der Waals surface area contributed by atoms with Gasteiger partial charge in [0, 0.05) is 12.2 Å². The van der Waals surface area contributed by atoms with Gasteiger partial charge in [0.2, 0.25) is 0 Å². The summed E-state index contributed by atoms with van der Waals surface area (Å²) in [6, 6.07) is 6.42. The summed E-state index contributed by atoms with van der Waals surface area (Å²) >= 11 is 1.88. The third-order valence-electron chi connectivity index (χ3n) is 1.81. The van der Waals surface area contributed by atoms with Crippen molar-refractivity contribution in [3.8, 4) is 0 Å². The maximum atomic E-state index is 4.21. The van der Waals surface area contributed by atoms with Crippen LogP contribution in [0.1, 0.15) is 13.3 Å². The van der Waals surface area contributed by atoms with Crippen LogP contribution in [0.15, 0.2) is 24.4 Å². The molecule has 1 aromatic heterocycles. The van der Waals surface area contributed by atoms with Crippen molar-refractivity contribution >= 4 is 17.6 Å². The average Bonchev–Trinajstić information content (AvgIpc) is 2.16. The second-order valence-electron chi connectivity index (χ2n) is 3.04. The van der Waals surface area contributed by atoms with Crippen LogP contribution >= 0.6 is 11.8 Å². The highest BCUT2D eigenvalue weighted by Crippen LogP contribution is 2.06. The zero-order valence-electron chi connectivity index (χ0n) is 8.16. The Bertz CT molecular complexity index is 226. The van der Waals surface area contributed by atoms with Crippen LogP contribution in [0.3, 0.4) is 0 Å². The highest BCUT2D eigenvalue weighted by Gasteiger charge is 2.00. The van der Waals surface area contributed by atoms with Gasteiger partial charge < -0.3 is 5.32 Å². The van der Waals surface area contributed by atoms with Crippen LogP contribution in [0.5, 0.6) is 0 Å². The van der Waals surface area contributed by atoms with Crippen LogP contribution < -0.4 is 5.32 Å². The van der Waals surface area contributed by atoms with E-state index in [4.69, 9.17) is 0 Å². The Labute approximate surface area is 84.1 Å². The highest BCUT2D eigenvalue weighted by molar-refractivity contribution is 7.98. The predicted octanol–water partition coefficient (Wildman–Crippen LogP) is 2.64. The second kappa shape index (κ2) is 5.86. The lowest BCUT2D eigenvalue weighted by Crippen LogP contribution is -2.16. The van der Waals surface area contributed by atoms with E-state index in [-0.39, 0.29) is 0 Å². The number of nitrogens with zero attached hydrogens (tertiary/aromatic N) is 1. The molecule has 0 radical (unpaired) electrons. The molecule has 3 heteroatoms. The Balaban J connectivity index is 2.32. The first kappa shape index (κ1) is 10.4. The molecule has 0 aliphatic carbocycles. The minimum Gasteiger partial charge on any atom is -0.368 e. The number of rotatable bonds is 5. The van der Waals surface area contributed by atoms with Crippen molar-refractivity contribution in [2.24, 2.45) is 0 Å². The molecule has 0 saturated heterocycles. The lowest BCUT2D eigenvalue weighted by Gasteiger charge is -2.13. The van der Waals surface area contributed by atoms with Crippen LogP contribution in [0.4, 0.5) is 5.82 Å². The SMILES string of the molecule is CSCCC(C)Nc1ccccn1. The Hall–Kier alpha value is -0.700. The molecular weight excluding hydrogens is 180 g/mol. The Morgan fingerprint density at radius 3 is 3.00 bits per heavy atom. The molecule has 1 N–H and O–H groups in total. The van der Waals surface area contributed by atoms with Gasteiger partial charge in [-0.05, 0) is 37.5 Å². The molecule has 0 bridgehead atoms. The van der Waals surface area contributed by atoms with Crippen molar-refractivity contribution in [1.82, 2.24) is 4.98 Å². The molecule has 1 heterocycles. The fourth-order valence-corrected chi connectivity index (χ4v) is 1.66. The van der Waals surface area contributed by atoms with Crippen molar-refractivity contribution in [3.05, 3.63) is 24.4 Å². The van der Waals surface area contributed by atoms with Crippen LogP contribution in [0.25, 0.3) is 0 Å². The van der Waals surface area contributed by atoms with E-state index in [0.29, 0.717) is 6.04 Å². The van der Waals surface area contributed by atoms with Crippen molar-refractivity contribution in [3.63, 3.8) is 0 Å². The third kappa shape index (κ3) is 4.18. The number of pyridine rings is 1. The van der Waals surface area contributed by atoms with Crippen molar-refractivity contribution in [1.29, 1.82) is 0 Å². The van der Waals surface area contributed by atoms with Crippen LogP contribution in [0, 0.1) is 0 Å². The first-order valence-electron chi connectivity index (χ1n) is 4.49. The van der Waals surface area contributed by atoms with E-state index in [1.807, 2.05) is 36.2 Å². The van der Waals surface area contributed by atoms with E-state index >= 15 is 0 Å². The Morgan fingerprint density at radius 2 is 2.38 bits per heavy atom. The summed E-state index contributed by atoms with van der Waals surface area (Å²) in [5, 5.41) is 3.35. The zero-order chi connectivity index (χ0) is 9.52. The van der Waals surface area contributed by atoms with Gasteiger partial charge in [-0.2, -0.15) is 11.8 Å². The van der Waals surface area contributed by atoms with Crippen molar-refractivity contribution in [2.75, 3.05) is 17.3 Å². The topological polar surface area (TPSA) is 24.9 Å². The van der Waals surface area contributed by atoms with Gasteiger partial charge in [-0.15, -0.1) is 0 Å². The largest absolute Gasteiger partial charge is 0.368 e. The molecule has 0 saturated carbocycles. The summed E-state index contributed by atoms with van der Waals surface area (Å²) in [6.07, 6.45) is 5.12. The van der Waals surface area contributed by atoms with E-state index in [9.17, 15) is 0 Å². The number of hydrogen-bond acceptors (Lipinski definition) is 3. The fourth-order valence-electron chi connectivity index (χ4n) is 1.07. The van der Waals surface area contributed by atoms with E-state index in [2.05, 4.69) is 23.5 Å². The molecule has 0 aliphatic heterocycles. The normalized spacial score (nSPS) is 12.5. The number of thioether (sulfide) groups is 1. The molecule has 2 nitrogen and oxygen atoms in total. The summed E-state index contributed by atoms with van der Waals surface area (Å²) in [4.78, 5) is 4.21. The minimum atomic E-state index is 0.502. The van der Waals surface area contributed by atoms with Gasteiger partial charge in [0.1, 0.15) is 5.82 Å². The lowest BCUT2D eigenvalue weighted by atomic mass is 10.2. The van der Waals surface area contributed by atoms with Gasteiger partial charge in [-0.1, -0.05) is 6.07 Å². The zero-order valence-corrected chi connectivity index (χ0v) is 8.97. The molecule has 1 rings (SSSR count). The van der Waals surface area contributed by atoms with Gasteiger partial charge in [0.05, 0.1) is 0 Å². The van der Waals surface area contributed by atoms with E-state index in [1.54, 1.807) is 0 Å². The molecule has 1 unspecified atom stereocenters. The molecule has 0 amide bonds. The quantitative estimate of drug-likeness (QED) is 0.783. The summed E-state index contributed by atoms with van der Waals surface area (Å²) < 4.78 is 0. The number of anilines is 1. The summed E-state index contributed by atoms with van der Waals surface area (Å²) in [5.74, 6) is 2.16. The molecule has 0 aliphatic rings. The van der Waals surface area contributed by atoms with Gasteiger partial charge >= 0.3 is 0 Å². The molecule has 0 spiro atoms. The van der Waals surface area contributed by atoms with Gasteiger partial charge in [0.25, 0.3) is 0 Å². The van der Waals surface area contributed by atoms with Crippen LogP contribution in [-0.2, 0) is 0 Å². The van der Waals surface area contributed by atoms with E-state index in [0.717, 1.165) is 5.82 Å². The van der Waals surface area contributed by atoms with Gasteiger partial charge in [-0.25, -0.2) is 4.98 Å². The lowest BCUT2D eigenvalue weighted by molar-refractivity contribution is 0.767. The standard InChI is InChI=1S/C10H16N2S/c1-9(6-8-13-2)12-10-5-3-4-7-11-10/h3-5,7,9H,6,8H2,1-2H3,(H,11,12). The molecule has 1 atom stereocenters. The smallest absolute Gasteiger partial charge is 0.126 e. The monoisotopic (exact) mass is 196 g/mol. The fraction of sp³-hybridized carbons (Fsp3) is 0.500. The first-order valence-corrected chi connectivity index (χ1v) is 5.89. The molecule has 0 fully saturated rings. The van der Waals surface area contributed by atoms with E-state index in [1.165, 1.54) is 12.2 Å². The Morgan fingerprint density at radius 1 is 1.54 bits per heavy atom. The predicted molar refractivity (Wildman–Crippen MR) is 60.3 cm³/mol. The molecule has 0 aromatic carbocycles. The van der Waals surface area contributed by atoms with Gasteiger partial charge in [-0.3, -0.25) is 0 Å². The maximum absolute atomic E-state index is 4.21. The Kier molecular flexibility index (Phi) is 4.68. The number of aromatic nitrogens is 1. The molecule has 1 aromatic rings. The average molecular weight is 196 g/mol. The van der Waals surface area contributed by atoms with Crippen molar-refractivity contribution in [2.45, 2.75) is 19.4 Å². The summed E-state index contributed by atoms with van der Waals surface area (Å²) in [6.45, 7) is 2.19. The molecule has 72 valence electrons. The summed E-state index contributed by atoms with van der Waals surface area (Å²) in [5.41, 5.74) is 0. The maximum Gasteiger partial charge on any atom is 0.126 e. The third-order valence-corrected chi connectivity index (χ3v) is 2.46. The van der Waals surface area contributed by atoms with Crippen LogP contribution in [0.2, 0.25) is 0 Å². The summed E-state index contributed by atoms with van der Waals surface area (Å²) in [7, 11) is 0. The van der Waals surface area contributed by atoms with Crippen molar-refractivity contribution < 1.29 is 0 Å². The minimum absolute atomic E-state index is 0.502. The molecule has 13 heavy (non-hydrogen) atoms. The van der Waals surface area contributed by atoms with E-state index < -0.39 is 0 Å². The highest BCUT2D eigenvalue weighted by atomic mass is 32.2. The second-order valence-corrected chi connectivity index (χ2v) is 4.03. The number of hydrogen-bond donors (Lipinski definition) is 1. The van der Waals surface area contributed by atoms with Gasteiger partial charge in [0.15, 0.2) is 0 Å². The molecular formula is C10H16N2S.